The zero-order valence-electron chi connectivity index (χ0n) is 20.0. The van der Waals surface area contributed by atoms with Crippen LogP contribution in [-0.4, -0.2) is 78.4 Å². The molecule has 0 unspecified atom stereocenters. The number of likely N-dealkylation sites (N-methyl/N-ethyl adjacent to an activating group) is 1. The van der Waals surface area contributed by atoms with E-state index in [1.165, 1.54) is 17.0 Å². The number of piperidine rings is 1. The first kappa shape index (κ1) is 24.9. The fourth-order valence-electron chi connectivity index (χ4n) is 4.63. The van der Waals surface area contributed by atoms with Crippen molar-refractivity contribution in [2.24, 2.45) is 11.8 Å². The molecule has 1 aromatic rings. The fraction of sp³-hybridized carbons (Fsp3) is 0.560. The first-order valence-corrected chi connectivity index (χ1v) is 11.6. The van der Waals surface area contributed by atoms with Crippen LogP contribution in [-0.2, 0) is 16.0 Å². The largest absolute Gasteiger partial charge is 0.339 e. The summed E-state index contributed by atoms with van der Waals surface area (Å²) in [4.78, 5) is 44.0. The van der Waals surface area contributed by atoms with E-state index < -0.39 is 11.6 Å². The smallest absolute Gasteiger partial charge is 0.325 e. The standard InChI is InChI=1S/C25H35FN4O3/c1-18(2)8-9-22(31)29-12-10-20(11-13-29)25(17-19-6-5-7-21(26)16-19)23(32)30(24(33)27-25)15-14-28(3)4/h5-9,16,18,20H,10-15,17H2,1-4H3,(H,27,33)/b9-8+/t25-/m0/s1. The summed E-state index contributed by atoms with van der Waals surface area (Å²) >= 11 is 0. The Morgan fingerprint density at radius 2 is 1.97 bits per heavy atom. The Labute approximate surface area is 195 Å². The Kier molecular flexibility index (Phi) is 7.89. The minimum Gasteiger partial charge on any atom is -0.339 e. The van der Waals surface area contributed by atoms with Crippen LogP contribution in [0.1, 0.15) is 32.3 Å². The molecular weight excluding hydrogens is 423 g/mol. The molecule has 1 N–H and O–H groups in total. The van der Waals surface area contributed by atoms with Crippen LogP contribution in [0.25, 0.3) is 0 Å². The van der Waals surface area contributed by atoms with Gasteiger partial charge in [-0.15, -0.1) is 0 Å². The van der Waals surface area contributed by atoms with Crippen LogP contribution in [0.5, 0.6) is 0 Å². The molecule has 0 radical (unpaired) electrons. The van der Waals surface area contributed by atoms with Crippen LogP contribution in [0.15, 0.2) is 36.4 Å². The average Bonchev–Trinajstić information content (AvgIpc) is 3.00. The lowest BCUT2D eigenvalue weighted by Gasteiger charge is -2.41. The number of rotatable bonds is 8. The Balaban J connectivity index is 1.82. The highest BCUT2D eigenvalue weighted by Gasteiger charge is 2.55. The zero-order valence-corrected chi connectivity index (χ0v) is 20.0. The van der Waals surface area contributed by atoms with Gasteiger partial charge in [0.1, 0.15) is 11.4 Å². The van der Waals surface area contributed by atoms with Crippen molar-refractivity contribution in [3.05, 3.63) is 47.8 Å². The summed E-state index contributed by atoms with van der Waals surface area (Å²) < 4.78 is 13.9. The second kappa shape index (κ2) is 10.5. The van der Waals surface area contributed by atoms with Gasteiger partial charge >= 0.3 is 6.03 Å². The quantitative estimate of drug-likeness (QED) is 0.480. The molecule has 0 saturated carbocycles. The average molecular weight is 459 g/mol. The first-order valence-electron chi connectivity index (χ1n) is 11.6. The number of hydrogen-bond acceptors (Lipinski definition) is 4. The van der Waals surface area contributed by atoms with Crippen LogP contribution >= 0.6 is 0 Å². The van der Waals surface area contributed by atoms with Crippen molar-refractivity contribution in [3.63, 3.8) is 0 Å². The number of carbonyl (C=O) groups excluding carboxylic acids is 3. The third-order valence-corrected chi connectivity index (χ3v) is 6.47. The summed E-state index contributed by atoms with van der Waals surface area (Å²) in [5.74, 6) is -0.528. The maximum Gasteiger partial charge on any atom is 0.325 e. The number of benzene rings is 1. The van der Waals surface area contributed by atoms with E-state index in [9.17, 15) is 18.8 Å². The van der Waals surface area contributed by atoms with E-state index >= 15 is 0 Å². The Morgan fingerprint density at radius 3 is 2.58 bits per heavy atom. The highest BCUT2D eigenvalue weighted by atomic mass is 19.1. The number of carbonyl (C=O) groups is 3. The molecule has 2 aliphatic heterocycles. The lowest BCUT2D eigenvalue weighted by Crippen LogP contribution is -2.58. The normalized spacial score (nSPS) is 22.2. The molecule has 0 bridgehead atoms. The molecule has 1 aromatic carbocycles. The maximum absolute atomic E-state index is 13.9. The summed E-state index contributed by atoms with van der Waals surface area (Å²) in [6.07, 6.45) is 4.89. The number of imide groups is 1. The van der Waals surface area contributed by atoms with Crippen LogP contribution in [0.2, 0.25) is 0 Å². The van der Waals surface area contributed by atoms with E-state index in [2.05, 4.69) is 5.32 Å². The third kappa shape index (κ3) is 5.79. The minimum atomic E-state index is -1.14. The summed E-state index contributed by atoms with van der Waals surface area (Å²) in [6, 6.07) is 5.77. The molecule has 0 aromatic heterocycles. The summed E-state index contributed by atoms with van der Waals surface area (Å²) in [5.41, 5.74) is -0.475. The monoisotopic (exact) mass is 458 g/mol. The second-order valence-corrected chi connectivity index (χ2v) is 9.67. The van der Waals surface area contributed by atoms with Crippen molar-refractivity contribution in [2.45, 2.75) is 38.6 Å². The molecule has 2 saturated heterocycles. The molecule has 8 heteroatoms. The van der Waals surface area contributed by atoms with Crippen molar-refractivity contribution in [3.8, 4) is 0 Å². The van der Waals surface area contributed by atoms with Gasteiger partial charge in [-0.25, -0.2) is 9.18 Å². The van der Waals surface area contributed by atoms with Crippen LogP contribution in [0, 0.1) is 17.7 Å². The van der Waals surface area contributed by atoms with Crippen molar-refractivity contribution < 1.29 is 18.8 Å². The minimum absolute atomic E-state index is 0.0317. The van der Waals surface area contributed by atoms with E-state index in [4.69, 9.17) is 0 Å². The summed E-state index contributed by atoms with van der Waals surface area (Å²) in [7, 11) is 3.78. The lowest BCUT2D eigenvalue weighted by molar-refractivity contribution is -0.134. The van der Waals surface area contributed by atoms with Crippen LogP contribution in [0.4, 0.5) is 9.18 Å². The van der Waals surface area contributed by atoms with Gasteiger partial charge in [-0.1, -0.05) is 32.1 Å². The zero-order chi connectivity index (χ0) is 24.2. The van der Waals surface area contributed by atoms with Gasteiger partial charge in [-0.05, 0) is 62.5 Å². The predicted molar refractivity (Wildman–Crippen MR) is 125 cm³/mol. The van der Waals surface area contributed by atoms with Gasteiger partial charge in [-0.2, -0.15) is 0 Å². The van der Waals surface area contributed by atoms with Crippen molar-refractivity contribution >= 4 is 17.8 Å². The number of hydrogen-bond donors (Lipinski definition) is 1. The molecule has 2 aliphatic rings. The fourth-order valence-corrected chi connectivity index (χ4v) is 4.63. The molecule has 2 fully saturated rings. The molecule has 4 amide bonds. The number of nitrogens with zero attached hydrogens (tertiary/aromatic N) is 3. The number of halogens is 1. The van der Waals surface area contributed by atoms with Crippen molar-refractivity contribution in [2.75, 3.05) is 40.3 Å². The van der Waals surface area contributed by atoms with E-state index in [-0.39, 0.29) is 30.0 Å². The second-order valence-electron chi connectivity index (χ2n) is 9.67. The molecule has 180 valence electrons. The molecule has 3 rings (SSSR count). The number of nitrogens with one attached hydrogen (secondary N) is 1. The van der Waals surface area contributed by atoms with Gasteiger partial charge in [0.05, 0.1) is 0 Å². The lowest BCUT2D eigenvalue weighted by atomic mass is 9.74. The molecular formula is C25H35FN4O3. The van der Waals surface area contributed by atoms with Crippen molar-refractivity contribution in [1.29, 1.82) is 0 Å². The van der Waals surface area contributed by atoms with Gasteiger partial charge in [0.15, 0.2) is 0 Å². The number of amides is 4. The number of urea groups is 1. The van der Waals surface area contributed by atoms with Crippen molar-refractivity contribution in [1.82, 2.24) is 20.0 Å². The van der Waals surface area contributed by atoms with E-state index in [0.29, 0.717) is 50.5 Å². The van der Waals surface area contributed by atoms with E-state index in [0.717, 1.165) is 0 Å². The third-order valence-electron chi connectivity index (χ3n) is 6.47. The Morgan fingerprint density at radius 1 is 1.27 bits per heavy atom. The van der Waals surface area contributed by atoms with Crippen LogP contribution in [0.3, 0.4) is 0 Å². The van der Waals surface area contributed by atoms with Gasteiger partial charge < -0.3 is 15.1 Å². The number of likely N-dealkylation sites (tertiary alicyclic amines) is 1. The van der Waals surface area contributed by atoms with Gasteiger partial charge in [0.2, 0.25) is 5.91 Å². The number of allylic oxidation sites excluding steroid dienone is 1. The highest BCUT2D eigenvalue weighted by Crippen LogP contribution is 2.36. The highest BCUT2D eigenvalue weighted by molar-refractivity contribution is 6.07. The molecule has 2 heterocycles. The molecule has 1 atom stereocenters. The Hall–Kier alpha value is -2.74. The molecule has 7 nitrogen and oxygen atoms in total. The topological polar surface area (TPSA) is 73.0 Å². The summed E-state index contributed by atoms with van der Waals surface area (Å²) in [5, 5.41) is 2.99. The first-order chi connectivity index (χ1) is 15.6. The predicted octanol–water partition coefficient (Wildman–Crippen LogP) is 2.67. The molecule has 0 spiro atoms. The maximum atomic E-state index is 13.9. The van der Waals surface area contributed by atoms with Gasteiger partial charge in [-0.3, -0.25) is 14.5 Å². The van der Waals surface area contributed by atoms with Gasteiger partial charge in [0.25, 0.3) is 5.91 Å². The summed E-state index contributed by atoms with van der Waals surface area (Å²) in [6.45, 7) is 5.91. The van der Waals surface area contributed by atoms with Gasteiger partial charge in [0, 0.05) is 32.6 Å². The Bertz CT molecular complexity index is 909. The molecule has 33 heavy (non-hydrogen) atoms. The van der Waals surface area contributed by atoms with E-state index in [1.807, 2.05) is 38.9 Å². The SMILES string of the molecule is CC(C)/C=C/C(=O)N1CCC([C@]2(Cc3cccc(F)c3)NC(=O)N(CCN(C)C)C2=O)CC1. The van der Waals surface area contributed by atoms with Crippen LogP contribution < -0.4 is 5.32 Å². The molecule has 0 aliphatic carbocycles. The van der Waals surface area contributed by atoms with E-state index in [1.54, 1.807) is 23.1 Å².